The third-order valence-corrected chi connectivity index (χ3v) is 3.02. The van der Waals surface area contributed by atoms with Gasteiger partial charge in [0.2, 0.25) is 0 Å². The Kier molecular flexibility index (Phi) is 6.69. The molecule has 1 saturated carbocycles. The first kappa shape index (κ1) is 15.5. The summed E-state index contributed by atoms with van der Waals surface area (Å²) in [6.07, 6.45) is 0.0864. The molecule has 1 fully saturated rings. The lowest BCUT2D eigenvalue weighted by molar-refractivity contribution is -0.508. The molecule has 0 saturated heterocycles. The second kappa shape index (κ2) is 7.78. The van der Waals surface area contributed by atoms with Crippen molar-refractivity contribution >= 4 is 5.78 Å². The Labute approximate surface area is 106 Å². The topological polar surface area (TPSA) is 88.5 Å². The highest BCUT2D eigenvalue weighted by molar-refractivity contribution is 5.78. The number of Topliss-reactive ketones (excluding diaryl/α,β-unsaturated/α-hetero) is 1. The number of carbonyl (C=O) groups excluding carboxylic acids is 1. The highest BCUT2D eigenvalue weighted by Crippen LogP contribution is 2.31. The summed E-state index contributed by atoms with van der Waals surface area (Å²) >= 11 is 0. The van der Waals surface area contributed by atoms with Crippen molar-refractivity contribution in [3.8, 4) is 0 Å². The third-order valence-electron chi connectivity index (χ3n) is 3.02. The average Bonchev–Trinajstić information content (AvgIpc) is 2.67. The zero-order valence-corrected chi connectivity index (χ0v) is 10.7. The first-order chi connectivity index (χ1) is 8.54. The molecule has 3 atom stereocenters. The second-order valence-electron chi connectivity index (χ2n) is 4.28. The molecule has 0 bridgehead atoms. The fourth-order valence-electron chi connectivity index (χ4n) is 2.10. The molecule has 0 aromatic carbocycles. The molecule has 0 radical (unpaired) electrons. The maximum absolute atomic E-state index is 11.3. The van der Waals surface area contributed by atoms with Crippen LogP contribution in [-0.4, -0.2) is 53.6 Å². The van der Waals surface area contributed by atoms with Crippen LogP contribution in [0.4, 0.5) is 0 Å². The van der Waals surface area contributed by atoms with Gasteiger partial charge in [-0.05, 0) is 26.7 Å². The van der Waals surface area contributed by atoms with Gasteiger partial charge in [0.25, 0.3) is 0 Å². The van der Waals surface area contributed by atoms with Gasteiger partial charge in [-0.1, -0.05) is 0 Å². The van der Waals surface area contributed by atoms with Gasteiger partial charge in [0, 0.05) is 12.5 Å². The van der Waals surface area contributed by atoms with Crippen LogP contribution in [0.2, 0.25) is 0 Å². The first-order valence-electron chi connectivity index (χ1n) is 6.09. The van der Waals surface area contributed by atoms with E-state index >= 15 is 0 Å². The largest absolute Gasteiger partial charge is 0.379 e. The molecule has 1 rings (SSSR count). The summed E-state index contributed by atoms with van der Waals surface area (Å²) in [4.78, 5) is 16.1. The molecule has 7 heteroatoms. The predicted molar refractivity (Wildman–Crippen MR) is 59.9 cm³/mol. The van der Waals surface area contributed by atoms with E-state index in [0.29, 0.717) is 32.7 Å². The fourth-order valence-corrected chi connectivity index (χ4v) is 2.10. The maximum Gasteiger partial charge on any atom is 0.133 e. The highest BCUT2D eigenvalue weighted by Gasteiger charge is 2.39. The Morgan fingerprint density at radius 2 is 1.94 bits per heavy atom. The molecule has 7 nitrogen and oxygen atoms in total. The molecule has 0 aliphatic heterocycles. The summed E-state index contributed by atoms with van der Waals surface area (Å²) in [6, 6.07) is 0. The summed E-state index contributed by atoms with van der Waals surface area (Å²) in [5, 5.41) is 17.0. The van der Waals surface area contributed by atoms with E-state index in [2.05, 4.69) is 0 Å². The van der Waals surface area contributed by atoms with Gasteiger partial charge in [0.15, 0.2) is 0 Å². The van der Waals surface area contributed by atoms with Crippen molar-refractivity contribution in [2.24, 2.45) is 5.92 Å². The van der Waals surface area contributed by atoms with Crippen molar-refractivity contribution in [1.29, 1.82) is 0 Å². The molecule has 0 spiro atoms. The number of ketones is 1. The van der Waals surface area contributed by atoms with E-state index in [1.807, 2.05) is 6.92 Å². The van der Waals surface area contributed by atoms with E-state index in [9.17, 15) is 4.79 Å². The van der Waals surface area contributed by atoms with E-state index in [-0.39, 0.29) is 23.2 Å². The van der Waals surface area contributed by atoms with Gasteiger partial charge >= 0.3 is 0 Å². The van der Waals surface area contributed by atoms with E-state index in [0.717, 1.165) is 0 Å². The minimum atomic E-state index is -0.532. The van der Waals surface area contributed by atoms with Crippen molar-refractivity contribution in [3.05, 3.63) is 0 Å². The van der Waals surface area contributed by atoms with Crippen LogP contribution in [0.1, 0.15) is 26.7 Å². The molecular weight excluding hydrogens is 242 g/mol. The van der Waals surface area contributed by atoms with Gasteiger partial charge in [-0.2, -0.15) is 0 Å². The van der Waals surface area contributed by atoms with Crippen LogP contribution in [0.5, 0.6) is 0 Å². The zero-order valence-electron chi connectivity index (χ0n) is 10.7. The summed E-state index contributed by atoms with van der Waals surface area (Å²) in [5.41, 5.74) is 0. The molecule has 1 unspecified atom stereocenters. The Hall–Kier alpha value is -0.570. The Balaban J connectivity index is 2.42. The molecule has 106 valence electrons. The van der Waals surface area contributed by atoms with Crippen molar-refractivity contribution in [2.75, 3.05) is 19.8 Å². The second-order valence-corrected chi connectivity index (χ2v) is 4.28. The monoisotopic (exact) mass is 263 g/mol. The molecule has 0 aromatic heterocycles. The van der Waals surface area contributed by atoms with Crippen LogP contribution in [0.25, 0.3) is 0 Å². The maximum atomic E-state index is 11.3. The zero-order chi connectivity index (χ0) is 13.5. The fraction of sp³-hybridized carbons (Fsp3) is 0.909. The van der Waals surface area contributed by atoms with Gasteiger partial charge < -0.3 is 9.47 Å². The summed E-state index contributed by atoms with van der Waals surface area (Å²) in [5.74, 6) is -0.103. The third kappa shape index (κ3) is 4.97. The van der Waals surface area contributed by atoms with Gasteiger partial charge in [0.1, 0.15) is 11.9 Å². The SMILES string of the molecule is CCOCCO[C@H]1CC(C(C)=O)C[C@@H]1ON(O)O. The molecule has 1 aliphatic carbocycles. The van der Waals surface area contributed by atoms with Gasteiger partial charge in [0.05, 0.1) is 24.7 Å². The lowest BCUT2D eigenvalue weighted by atomic mass is 10.0. The van der Waals surface area contributed by atoms with Crippen LogP contribution >= 0.6 is 0 Å². The van der Waals surface area contributed by atoms with Crippen molar-refractivity contribution < 1.29 is 29.5 Å². The highest BCUT2D eigenvalue weighted by atomic mass is 17.1. The van der Waals surface area contributed by atoms with Gasteiger partial charge in [-0.15, -0.1) is 0 Å². The summed E-state index contributed by atoms with van der Waals surface area (Å²) in [6.45, 7) is 4.87. The molecule has 0 amide bonds. The molecule has 0 aromatic rings. The Bertz CT molecular complexity index is 260. The minimum Gasteiger partial charge on any atom is -0.379 e. The Morgan fingerprint density at radius 1 is 1.28 bits per heavy atom. The normalized spacial score (nSPS) is 27.9. The van der Waals surface area contributed by atoms with Crippen LogP contribution in [0.15, 0.2) is 0 Å². The minimum absolute atomic E-state index is 0.0573. The van der Waals surface area contributed by atoms with E-state index in [4.69, 9.17) is 24.7 Å². The number of hydrogen-bond acceptors (Lipinski definition) is 7. The van der Waals surface area contributed by atoms with Crippen LogP contribution in [0.3, 0.4) is 0 Å². The molecular formula is C11H21NO6. The van der Waals surface area contributed by atoms with E-state index in [1.165, 1.54) is 6.92 Å². The lowest BCUT2D eigenvalue weighted by Gasteiger charge is -2.20. The first-order valence-corrected chi connectivity index (χ1v) is 6.09. The number of nitrogens with zero attached hydrogens (tertiary/aromatic N) is 1. The van der Waals surface area contributed by atoms with Gasteiger partial charge in [-0.3, -0.25) is 15.2 Å². The van der Waals surface area contributed by atoms with Crippen molar-refractivity contribution in [1.82, 2.24) is 5.39 Å². The van der Waals surface area contributed by atoms with E-state index < -0.39 is 6.10 Å². The standard InChI is InChI=1S/C11H21NO6/c1-3-16-4-5-17-10-6-9(8(2)13)7-11(10)18-12(14)15/h9-11,14-15H,3-7H2,1-2H3/t9?,10-,11-/m0/s1. The number of ether oxygens (including phenoxy) is 2. The Morgan fingerprint density at radius 3 is 2.50 bits per heavy atom. The number of carbonyl (C=O) groups is 1. The number of rotatable bonds is 8. The van der Waals surface area contributed by atoms with Gasteiger partial charge in [-0.25, -0.2) is 4.84 Å². The number of hydrogen-bond donors (Lipinski definition) is 2. The van der Waals surface area contributed by atoms with Crippen LogP contribution < -0.4 is 0 Å². The summed E-state index contributed by atoms with van der Waals surface area (Å²) in [7, 11) is 0. The quantitative estimate of drug-likeness (QED) is 0.494. The average molecular weight is 263 g/mol. The molecule has 2 N–H and O–H groups in total. The van der Waals surface area contributed by atoms with Crippen molar-refractivity contribution in [2.45, 2.75) is 38.9 Å². The molecule has 18 heavy (non-hydrogen) atoms. The predicted octanol–water partition coefficient (Wildman–Crippen LogP) is 0.788. The van der Waals surface area contributed by atoms with Crippen molar-refractivity contribution in [3.63, 3.8) is 0 Å². The smallest absolute Gasteiger partial charge is 0.133 e. The summed E-state index contributed by atoms with van der Waals surface area (Å²) < 4.78 is 10.7. The molecule has 0 heterocycles. The van der Waals surface area contributed by atoms with E-state index in [1.54, 1.807) is 0 Å². The molecule has 1 aliphatic rings. The van der Waals surface area contributed by atoms with Crippen LogP contribution in [0, 0.1) is 5.92 Å². The lowest BCUT2D eigenvalue weighted by Crippen LogP contribution is -2.32. The van der Waals surface area contributed by atoms with Crippen LogP contribution in [-0.2, 0) is 19.1 Å².